The summed E-state index contributed by atoms with van der Waals surface area (Å²) in [6.07, 6.45) is 11.1. The van der Waals surface area contributed by atoms with Crippen molar-refractivity contribution in [2.24, 2.45) is 11.1 Å². The zero-order valence-electron chi connectivity index (χ0n) is 13.5. The molecule has 1 saturated carbocycles. The Kier molecular flexibility index (Phi) is 4.54. The van der Waals surface area contributed by atoms with Crippen molar-refractivity contribution in [2.45, 2.75) is 64.3 Å². The molecule has 2 fully saturated rings. The van der Waals surface area contributed by atoms with Gasteiger partial charge in [0.25, 0.3) is 0 Å². The molecule has 116 valence electrons. The maximum absolute atomic E-state index is 6.31. The average Bonchev–Trinajstić information content (AvgIpc) is 2.56. The zero-order chi connectivity index (χ0) is 14.7. The predicted molar refractivity (Wildman–Crippen MR) is 90.6 cm³/mol. The van der Waals surface area contributed by atoms with Crippen molar-refractivity contribution in [1.29, 1.82) is 0 Å². The fourth-order valence-electron chi connectivity index (χ4n) is 4.33. The SMILES string of the molecule is CC[C@@H](N)c1ccccc1N1CCC2(CCCCC2)CC1. The molecule has 1 aromatic rings. The number of nitrogens with two attached hydrogens (primary N) is 1. The molecule has 2 heteroatoms. The highest BCUT2D eigenvalue weighted by Gasteiger charge is 2.35. The van der Waals surface area contributed by atoms with E-state index in [4.69, 9.17) is 5.73 Å². The van der Waals surface area contributed by atoms with E-state index in [2.05, 4.69) is 36.1 Å². The Labute approximate surface area is 129 Å². The van der Waals surface area contributed by atoms with Crippen LogP contribution in [0.3, 0.4) is 0 Å². The number of nitrogens with zero attached hydrogens (tertiary/aromatic N) is 1. The first-order valence-corrected chi connectivity index (χ1v) is 8.83. The number of piperidine rings is 1. The average molecular weight is 286 g/mol. The molecule has 0 bridgehead atoms. The Morgan fingerprint density at radius 3 is 2.38 bits per heavy atom. The summed E-state index contributed by atoms with van der Waals surface area (Å²) in [6.45, 7) is 4.61. The van der Waals surface area contributed by atoms with E-state index >= 15 is 0 Å². The van der Waals surface area contributed by atoms with Crippen molar-refractivity contribution in [3.8, 4) is 0 Å². The lowest BCUT2D eigenvalue weighted by Gasteiger charge is -2.45. The minimum absolute atomic E-state index is 0.173. The largest absolute Gasteiger partial charge is 0.371 e. The van der Waals surface area contributed by atoms with Crippen LogP contribution in [0.25, 0.3) is 0 Å². The van der Waals surface area contributed by atoms with E-state index in [0.717, 1.165) is 6.42 Å². The van der Waals surface area contributed by atoms with Crippen LogP contribution in [0, 0.1) is 5.41 Å². The molecule has 2 aliphatic rings. The fraction of sp³-hybridized carbons (Fsp3) is 0.684. The van der Waals surface area contributed by atoms with Crippen molar-refractivity contribution in [1.82, 2.24) is 0 Å². The normalized spacial score (nSPS) is 23.2. The van der Waals surface area contributed by atoms with E-state index in [0.29, 0.717) is 5.41 Å². The molecular formula is C19H30N2. The molecule has 1 atom stereocenters. The summed E-state index contributed by atoms with van der Waals surface area (Å²) in [4.78, 5) is 2.59. The molecule has 1 aromatic carbocycles. The van der Waals surface area contributed by atoms with Crippen molar-refractivity contribution >= 4 is 5.69 Å². The molecule has 0 radical (unpaired) electrons. The summed E-state index contributed by atoms with van der Waals surface area (Å²) in [5.74, 6) is 0. The van der Waals surface area contributed by atoms with Crippen LogP contribution in [-0.2, 0) is 0 Å². The highest BCUT2D eigenvalue weighted by Crippen LogP contribution is 2.45. The summed E-state index contributed by atoms with van der Waals surface area (Å²) < 4.78 is 0. The van der Waals surface area contributed by atoms with E-state index in [9.17, 15) is 0 Å². The standard InChI is InChI=1S/C19H30N2/c1-2-17(20)16-8-4-5-9-18(16)21-14-12-19(13-15-21)10-6-3-7-11-19/h4-5,8-9,17H,2-3,6-7,10-15,20H2,1H3/t17-/m1/s1. The van der Waals surface area contributed by atoms with Crippen molar-refractivity contribution in [2.75, 3.05) is 18.0 Å². The second-order valence-electron chi connectivity index (χ2n) is 7.12. The number of hydrogen-bond acceptors (Lipinski definition) is 2. The summed E-state index contributed by atoms with van der Waals surface area (Å²) in [6, 6.07) is 8.94. The molecule has 1 aliphatic heterocycles. The van der Waals surface area contributed by atoms with E-state index in [-0.39, 0.29) is 6.04 Å². The van der Waals surface area contributed by atoms with E-state index in [1.807, 2.05) is 0 Å². The van der Waals surface area contributed by atoms with Crippen LogP contribution in [-0.4, -0.2) is 13.1 Å². The molecule has 0 amide bonds. The second kappa shape index (κ2) is 6.39. The first-order chi connectivity index (χ1) is 10.2. The molecule has 2 nitrogen and oxygen atoms in total. The topological polar surface area (TPSA) is 29.3 Å². The third-order valence-electron chi connectivity index (χ3n) is 5.86. The maximum Gasteiger partial charge on any atom is 0.0414 e. The maximum atomic E-state index is 6.31. The quantitative estimate of drug-likeness (QED) is 0.876. The highest BCUT2D eigenvalue weighted by molar-refractivity contribution is 5.55. The van der Waals surface area contributed by atoms with Gasteiger partial charge in [-0.1, -0.05) is 44.4 Å². The van der Waals surface area contributed by atoms with Gasteiger partial charge < -0.3 is 10.6 Å². The van der Waals surface area contributed by atoms with Gasteiger partial charge in [-0.05, 0) is 49.1 Å². The molecular weight excluding hydrogens is 256 g/mol. The number of rotatable bonds is 3. The zero-order valence-corrected chi connectivity index (χ0v) is 13.5. The van der Waals surface area contributed by atoms with Crippen LogP contribution in [0.2, 0.25) is 0 Å². The molecule has 1 saturated heterocycles. The van der Waals surface area contributed by atoms with Crippen molar-refractivity contribution in [3.63, 3.8) is 0 Å². The van der Waals surface area contributed by atoms with Gasteiger partial charge in [-0.15, -0.1) is 0 Å². The Bertz CT molecular complexity index is 452. The third-order valence-corrected chi connectivity index (χ3v) is 5.86. The van der Waals surface area contributed by atoms with Gasteiger partial charge >= 0.3 is 0 Å². The lowest BCUT2D eigenvalue weighted by atomic mass is 9.68. The number of hydrogen-bond donors (Lipinski definition) is 1. The summed E-state index contributed by atoms with van der Waals surface area (Å²) in [7, 11) is 0. The van der Waals surface area contributed by atoms with Crippen molar-refractivity contribution in [3.05, 3.63) is 29.8 Å². The van der Waals surface area contributed by atoms with E-state index in [1.165, 1.54) is 69.3 Å². The Morgan fingerprint density at radius 2 is 1.71 bits per heavy atom. The summed E-state index contributed by atoms with van der Waals surface area (Å²) in [5, 5.41) is 0. The highest BCUT2D eigenvalue weighted by atomic mass is 15.1. The van der Waals surface area contributed by atoms with Crippen LogP contribution in [0.5, 0.6) is 0 Å². The molecule has 21 heavy (non-hydrogen) atoms. The lowest BCUT2D eigenvalue weighted by Crippen LogP contribution is -2.41. The van der Waals surface area contributed by atoms with Gasteiger partial charge in [-0.25, -0.2) is 0 Å². The van der Waals surface area contributed by atoms with Crippen LogP contribution < -0.4 is 10.6 Å². The Hall–Kier alpha value is -1.02. The Morgan fingerprint density at radius 1 is 1.05 bits per heavy atom. The molecule has 2 N–H and O–H groups in total. The number of anilines is 1. The monoisotopic (exact) mass is 286 g/mol. The third kappa shape index (κ3) is 3.11. The molecule has 1 heterocycles. The van der Waals surface area contributed by atoms with Crippen LogP contribution in [0.15, 0.2) is 24.3 Å². The van der Waals surface area contributed by atoms with Crippen LogP contribution in [0.1, 0.15) is 69.9 Å². The fourth-order valence-corrected chi connectivity index (χ4v) is 4.33. The molecule has 0 unspecified atom stereocenters. The minimum atomic E-state index is 0.173. The number of benzene rings is 1. The van der Waals surface area contributed by atoms with Gasteiger partial charge in [0.15, 0.2) is 0 Å². The lowest BCUT2D eigenvalue weighted by molar-refractivity contribution is 0.144. The number of para-hydroxylation sites is 1. The van der Waals surface area contributed by atoms with Gasteiger partial charge in [0.1, 0.15) is 0 Å². The minimum Gasteiger partial charge on any atom is -0.371 e. The van der Waals surface area contributed by atoms with Crippen LogP contribution >= 0.6 is 0 Å². The van der Waals surface area contributed by atoms with E-state index < -0.39 is 0 Å². The van der Waals surface area contributed by atoms with Gasteiger partial charge in [-0.3, -0.25) is 0 Å². The Balaban J connectivity index is 1.72. The van der Waals surface area contributed by atoms with Gasteiger partial charge in [0.2, 0.25) is 0 Å². The molecule has 1 spiro atoms. The summed E-state index contributed by atoms with van der Waals surface area (Å²) in [5.41, 5.74) is 9.71. The van der Waals surface area contributed by atoms with E-state index in [1.54, 1.807) is 0 Å². The molecule has 0 aromatic heterocycles. The van der Waals surface area contributed by atoms with Gasteiger partial charge in [0.05, 0.1) is 0 Å². The first kappa shape index (κ1) is 14.9. The first-order valence-electron chi connectivity index (χ1n) is 8.83. The molecule has 3 rings (SSSR count). The van der Waals surface area contributed by atoms with Gasteiger partial charge in [-0.2, -0.15) is 0 Å². The summed E-state index contributed by atoms with van der Waals surface area (Å²) >= 11 is 0. The molecule has 1 aliphatic carbocycles. The van der Waals surface area contributed by atoms with Crippen molar-refractivity contribution < 1.29 is 0 Å². The van der Waals surface area contributed by atoms with Crippen LogP contribution in [0.4, 0.5) is 5.69 Å². The predicted octanol–water partition coefficient (Wildman–Crippen LogP) is 4.65. The van der Waals surface area contributed by atoms with Gasteiger partial charge in [0, 0.05) is 24.8 Å². The second-order valence-corrected chi connectivity index (χ2v) is 7.12. The smallest absolute Gasteiger partial charge is 0.0414 e.